The van der Waals surface area contributed by atoms with Gasteiger partial charge >= 0.3 is 6.09 Å². The van der Waals surface area contributed by atoms with E-state index in [1.807, 2.05) is 24.6 Å². The quantitative estimate of drug-likeness (QED) is 0.269. The van der Waals surface area contributed by atoms with Crippen LogP contribution in [-0.2, 0) is 16.8 Å². The van der Waals surface area contributed by atoms with Crippen molar-refractivity contribution in [2.45, 2.75) is 123 Å². The first-order valence-corrected chi connectivity index (χ1v) is 13.9. The van der Waals surface area contributed by atoms with Gasteiger partial charge in [0.25, 0.3) is 5.91 Å². The Morgan fingerprint density at radius 1 is 1.18 bits per heavy atom. The summed E-state index contributed by atoms with van der Waals surface area (Å²) in [5, 5.41) is 15.1. The molecule has 38 heavy (non-hydrogen) atoms. The number of ether oxygens (including phenoxy) is 1. The monoisotopic (exact) mass is 524 g/mol. The number of alkyl carbamates (subject to hydrolysis) is 1. The maximum absolute atomic E-state index is 13.3. The summed E-state index contributed by atoms with van der Waals surface area (Å²) in [6.45, 7) is 10.7. The van der Waals surface area contributed by atoms with E-state index < -0.39 is 0 Å². The molecule has 2 amide bonds. The zero-order valence-corrected chi connectivity index (χ0v) is 23.6. The zero-order chi connectivity index (χ0) is 27.7. The molecule has 0 unspecified atom stereocenters. The highest BCUT2D eigenvalue weighted by Crippen LogP contribution is 2.37. The van der Waals surface area contributed by atoms with Crippen LogP contribution in [0.5, 0.6) is 0 Å². The molecule has 9 heteroatoms. The highest BCUT2D eigenvalue weighted by molar-refractivity contribution is 6.02. The molecule has 1 saturated carbocycles. The molecule has 2 atom stereocenters. The van der Waals surface area contributed by atoms with Crippen molar-refractivity contribution in [3.05, 3.63) is 29.7 Å². The van der Waals surface area contributed by atoms with Gasteiger partial charge in [-0.15, -0.1) is 12.3 Å². The molecule has 1 aliphatic rings. The van der Waals surface area contributed by atoms with Crippen LogP contribution >= 0.6 is 0 Å². The van der Waals surface area contributed by atoms with Gasteiger partial charge in [0.05, 0.1) is 11.2 Å². The number of carbonyl (C=O) groups excluding carboxylic acids is 2. The molecule has 1 fully saturated rings. The number of unbranched alkanes of at least 4 members (excludes halogenated alkanes) is 5. The minimum atomic E-state index is -0.376. The number of anilines is 1. The summed E-state index contributed by atoms with van der Waals surface area (Å²) in [5.74, 6) is 3.30. The lowest BCUT2D eigenvalue weighted by atomic mass is 10.0. The van der Waals surface area contributed by atoms with E-state index in [-0.39, 0.29) is 35.6 Å². The van der Waals surface area contributed by atoms with Crippen LogP contribution in [0.4, 0.5) is 10.6 Å². The number of aryl methyl sites for hydroxylation is 1. The number of aromatic nitrogens is 4. The maximum Gasteiger partial charge on any atom is 0.407 e. The Bertz CT molecular complexity index is 1100. The molecule has 0 aromatic carbocycles. The minimum Gasteiger partial charge on any atom is -0.446 e. The van der Waals surface area contributed by atoms with E-state index in [2.05, 4.69) is 42.4 Å². The van der Waals surface area contributed by atoms with E-state index in [1.54, 1.807) is 16.9 Å². The Balaban J connectivity index is 1.63. The average molecular weight is 525 g/mol. The molecule has 2 N–H and O–H groups in total. The SMILES string of the molecule is C#CCCCCCCCn1nccc1C(=O)Nc1cc([C@H]2CC[C@@H](OC(=O)NC(C)C)C2)nn1C(C)(C)C. The summed E-state index contributed by atoms with van der Waals surface area (Å²) in [6, 6.07) is 3.75. The molecular weight excluding hydrogens is 480 g/mol. The Kier molecular flexibility index (Phi) is 10.4. The van der Waals surface area contributed by atoms with E-state index in [1.165, 1.54) is 0 Å². The van der Waals surface area contributed by atoms with Gasteiger partial charge in [0.1, 0.15) is 17.6 Å². The largest absolute Gasteiger partial charge is 0.446 e. The van der Waals surface area contributed by atoms with Gasteiger partial charge < -0.3 is 15.4 Å². The number of carbonyl (C=O) groups is 2. The Hall–Kier alpha value is -3.28. The molecule has 9 nitrogen and oxygen atoms in total. The fourth-order valence-corrected chi connectivity index (χ4v) is 4.84. The Morgan fingerprint density at radius 2 is 1.92 bits per heavy atom. The van der Waals surface area contributed by atoms with Crippen LogP contribution in [-0.4, -0.2) is 43.7 Å². The third-order valence-electron chi connectivity index (χ3n) is 6.73. The smallest absolute Gasteiger partial charge is 0.407 e. The molecule has 0 aliphatic heterocycles. The Morgan fingerprint density at radius 3 is 2.63 bits per heavy atom. The molecule has 2 aromatic heterocycles. The summed E-state index contributed by atoms with van der Waals surface area (Å²) in [7, 11) is 0. The molecule has 3 rings (SSSR count). The van der Waals surface area contributed by atoms with Crippen molar-refractivity contribution in [1.82, 2.24) is 24.9 Å². The van der Waals surface area contributed by atoms with Gasteiger partial charge in [0.15, 0.2) is 0 Å². The van der Waals surface area contributed by atoms with Crippen LogP contribution in [0.25, 0.3) is 0 Å². The molecule has 0 saturated heterocycles. The second kappa shape index (κ2) is 13.5. The number of nitrogens with one attached hydrogen (secondary N) is 2. The number of hydrogen-bond donors (Lipinski definition) is 2. The fraction of sp³-hybridized carbons (Fsp3) is 0.655. The molecule has 0 bridgehead atoms. The molecule has 208 valence electrons. The third-order valence-corrected chi connectivity index (χ3v) is 6.73. The average Bonchev–Trinajstić information content (AvgIpc) is 3.57. The second-order valence-corrected chi connectivity index (χ2v) is 11.5. The molecule has 0 radical (unpaired) electrons. The molecule has 2 heterocycles. The molecule has 2 aromatic rings. The van der Waals surface area contributed by atoms with E-state index in [0.717, 1.165) is 63.5 Å². The minimum absolute atomic E-state index is 0.0360. The van der Waals surface area contributed by atoms with Gasteiger partial charge in [-0.05, 0) is 72.8 Å². The van der Waals surface area contributed by atoms with Crippen molar-refractivity contribution in [3.8, 4) is 12.3 Å². The second-order valence-electron chi connectivity index (χ2n) is 11.5. The van der Waals surface area contributed by atoms with Crippen molar-refractivity contribution >= 4 is 17.8 Å². The lowest BCUT2D eigenvalue weighted by Crippen LogP contribution is -2.33. The van der Waals surface area contributed by atoms with Crippen LogP contribution in [0, 0.1) is 12.3 Å². The summed E-state index contributed by atoms with van der Waals surface area (Å²) in [4.78, 5) is 25.3. The predicted molar refractivity (Wildman–Crippen MR) is 149 cm³/mol. The number of amides is 2. The first-order chi connectivity index (χ1) is 18.1. The summed E-state index contributed by atoms with van der Waals surface area (Å²) >= 11 is 0. The van der Waals surface area contributed by atoms with Gasteiger partial charge in [-0.1, -0.05) is 19.3 Å². The number of hydrogen-bond acceptors (Lipinski definition) is 5. The highest BCUT2D eigenvalue weighted by atomic mass is 16.6. The number of terminal acetylenes is 1. The molecule has 1 aliphatic carbocycles. The first kappa shape index (κ1) is 29.3. The number of rotatable bonds is 12. The van der Waals surface area contributed by atoms with Crippen LogP contribution in [0.2, 0.25) is 0 Å². The van der Waals surface area contributed by atoms with Crippen molar-refractivity contribution in [2.24, 2.45) is 0 Å². The van der Waals surface area contributed by atoms with Crippen LogP contribution in [0.15, 0.2) is 18.3 Å². The van der Waals surface area contributed by atoms with Gasteiger partial charge in [-0.2, -0.15) is 10.2 Å². The molecular formula is C29H44N6O3. The third kappa shape index (κ3) is 8.37. The van der Waals surface area contributed by atoms with Crippen LogP contribution < -0.4 is 10.6 Å². The van der Waals surface area contributed by atoms with E-state index in [9.17, 15) is 9.59 Å². The highest BCUT2D eigenvalue weighted by Gasteiger charge is 2.32. The summed E-state index contributed by atoms with van der Waals surface area (Å²) < 4.78 is 9.24. The van der Waals surface area contributed by atoms with Gasteiger partial charge in [-0.3, -0.25) is 9.48 Å². The van der Waals surface area contributed by atoms with E-state index in [4.69, 9.17) is 16.3 Å². The van der Waals surface area contributed by atoms with Gasteiger partial charge in [-0.25, -0.2) is 9.48 Å². The molecule has 0 spiro atoms. The fourth-order valence-electron chi connectivity index (χ4n) is 4.84. The van der Waals surface area contributed by atoms with Gasteiger partial charge in [0.2, 0.25) is 0 Å². The number of nitrogens with zero attached hydrogens (tertiary/aromatic N) is 4. The topological polar surface area (TPSA) is 103 Å². The summed E-state index contributed by atoms with van der Waals surface area (Å²) in [5.41, 5.74) is 1.11. The van der Waals surface area contributed by atoms with Crippen LogP contribution in [0.1, 0.15) is 115 Å². The van der Waals surface area contributed by atoms with Gasteiger partial charge in [0, 0.05) is 37.2 Å². The lowest BCUT2D eigenvalue weighted by Gasteiger charge is -2.22. The summed E-state index contributed by atoms with van der Waals surface area (Å²) in [6.07, 6.45) is 15.1. The lowest BCUT2D eigenvalue weighted by molar-refractivity contribution is 0.0979. The Labute approximate surface area is 227 Å². The van der Waals surface area contributed by atoms with Crippen molar-refractivity contribution in [1.29, 1.82) is 0 Å². The van der Waals surface area contributed by atoms with Crippen molar-refractivity contribution < 1.29 is 14.3 Å². The zero-order valence-electron chi connectivity index (χ0n) is 23.6. The van der Waals surface area contributed by atoms with E-state index >= 15 is 0 Å². The van der Waals surface area contributed by atoms with Crippen molar-refractivity contribution in [2.75, 3.05) is 5.32 Å². The van der Waals surface area contributed by atoms with Crippen LogP contribution in [0.3, 0.4) is 0 Å². The predicted octanol–water partition coefficient (Wildman–Crippen LogP) is 5.83. The first-order valence-electron chi connectivity index (χ1n) is 13.9. The maximum atomic E-state index is 13.3. The normalized spacial score (nSPS) is 17.4. The van der Waals surface area contributed by atoms with E-state index in [0.29, 0.717) is 18.1 Å². The standard InChI is InChI=1S/C29H44N6O3/c1-7-8-9-10-11-12-13-18-34-25(16-17-30-34)27(36)32-26-20-24(33-35(26)29(4,5)6)22-14-15-23(19-22)38-28(37)31-21(2)3/h1,16-17,20-23H,8-15,18-19H2,2-6H3,(H,31,37)(H,32,36)/t22-,23+/m0/s1. The van der Waals surface area contributed by atoms with Crippen molar-refractivity contribution in [3.63, 3.8) is 0 Å².